The number of imidazole rings is 1. The Morgan fingerprint density at radius 1 is 1.40 bits per heavy atom. The maximum Gasteiger partial charge on any atom is 0.354 e. The second-order valence-electron chi connectivity index (χ2n) is 4.77. The monoisotopic (exact) mass is 280 g/mol. The lowest BCUT2D eigenvalue weighted by molar-refractivity contribution is -0.119. The first-order valence-corrected chi connectivity index (χ1v) is 6.36. The van der Waals surface area contributed by atoms with E-state index in [0.717, 1.165) is 32.0 Å². The SMILES string of the molecule is NC(=O)CN(C(=O)c1nc[nH]c1C(=O)O)C1CCCC1. The second kappa shape index (κ2) is 5.72. The van der Waals surface area contributed by atoms with Crippen molar-refractivity contribution in [2.45, 2.75) is 31.7 Å². The van der Waals surface area contributed by atoms with Crippen LogP contribution in [0.25, 0.3) is 0 Å². The Morgan fingerprint density at radius 3 is 2.60 bits per heavy atom. The third-order valence-electron chi connectivity index (χ3n) is 3.41. The van der Waals surface area contributed by atoms with Crippen LogP contribution in [0.1, 0.15) is 46.7 Å². The highest BCUT2D eigenvalue weighted by molar-refractivity contribution is 6.03. The molecule has 2 amide bonds. The van der Waals surface area contributed by atoms with Gasteiger partial charge in [0.2, 0.25) is 5.91 Å². The van der Waals surface area contributed by atoms with Crippen LogP contribution < -0.4 is 5.73 Å². The van der Waals surface area contributed by atoms with Gasteiger partial charge in [0, 0.05) is 6.04 Å². The maximum absolute atomic E-state index is 12.4. The van der Waals surface area contributed by atoms with Crippen LogP contribution in [0.5, 0.6) is 0 Å². The molecule has 0 bridgehead atoms. The summed E-state index contributed by atoms with van der Waals surface area (Å²) >= 11 is 0. The Morgan fingerprint density at radius 2 is 2.05 bits per heavy atom. The van der Waals surface area contributed by atoms with E-state index in [4.69, 9.17) is 10.8 Å². The van der Waals surface area contributed by atoms with Crippen molar-refractivity contribution < 1.29 is 19.5 Å². The maximum atomic E-state index is 12.4. The summed E-state index contributed by atoms with van der Waals surface area (Å²) in [5.74, 6) is -2.47. The number of carboxylic acids is 1. The van der Waals surface area contributed by atoms with Gasteiger partial charge in [0.15, 0.2) is 11.4 Å². The van der Waals surface area contributed by atoms with E-state index in [2.05, 4.69) is 9.97 Å². The number of primary amides is 1. The van der Waals surface area contributed by atoms with Crippen LogP contribution in [0.3, 0.4) is 0 Å². The number of nitrogens with two attached hydrogens (primary N) is 1. The van der Waals surface area contributed by atoms with Gasteiger partial charge < -0.3 is 20.7 Å². The van der Waals surface area contributed by atoms with Crippen molar-refractivity contribution in [2.75, 3.05) is 6.54 Å². The van der Waals surface area contributed by atoms with Crippen LogP contribution in [0.2, 0.25) is 0 Å². The van der Waals surface area contributed by atoms with Crippen molar-refractivity contribution in [3.8, 4) is 0 Å². The van der Waals surface area contributed by atoms with E-state index in [1.807, 2.05) is 0 Å². The fourth-order valence-electron chi connectivity index (χ4n) is 2.51. The van der Waals surface area contributed by atoms with Crippen LogP contribution in [-0.2, 0) is 4.79 Å². The molecule has 0 unspecified atom stereocenters. The number of nitrogens with one attached hydrogen (secondary N) is 1. The van der Waals surface area contributed by atoms with Gasteiger partial charge in [0.05, 0.1) is 12.9 Å². The molecule has 108 valence electrons. The molecule has 0 radical (unpaired) electrons. The molecule has 1 saturated carbocycles. The Kier molecular flexibility index (Phi) is 4.02. The molecule has 2 rings (SSSR count). The lowest BCUT2D eigenvalue weighted by Gasteiger charge is -2.27. The van der Waals surface area contributed by atoms with Crippen molar-refractivity contribution in [2.24, 2.45) is 5.73 Å². The molecule has 0 aliphatic heterocycles. The lowest BCUT2D eigenvalue weighted by atomic mass is 10.1. The van der Waals surface area contributed by atoms with Crippen molar-refractivity contribution >= 4 is 17.8 Å². The topological polar surface area (TPSA) is 129 Å². The van der Waals surface area contributed by atoms with Gasteiger partial charge in [-0.2, -0.15) is 0 Å². The van der Waals surface area contributed by atoms with E-state index in [1.165, 1.54) is 4.90 Å². The van der Waals surface area contributed by atoms with Gasteiger partial charge in [-0.3, -0.25) is 9.59 Å². The predicted octanol–water partition coefficient (Wildman–Crippen LogP) is -0.0220. The molecule has 1 aliphatic carbocycles. The van der Waals surface area contributed by atoms with Crippen molar-refractivity contribution in [3.05, 3.63) is 17.7 Å². The molecule has 4 N–H and O–H groups in total. The van der Waals surface area contributed by atoms with Gasteiger partial charge in [0.1, 0.15) is 0 Å². The number of rotatable bonds is 5. The molecule has 1 aromatic heterocycles. The summed E-state index contributed by atoms with van der Waals surface area (Å²) in [6.45, 7) is -0.227. The molecule has 0 spiro atoms. The van der Waals surface area contributed by atoms with Gasteiger partial charge in [-0.05, 0) is 12.8 Å². The number of aromatic carboxylic acids is 1. The van der Waals surface area contributed by atoms with Crippen molar-refractivity contribution in [1.82, 2.24) is 14.9 Å². The minimum atomic E-state index is -1.27. The summed E-state index contributed by atoms with van der Waals surface area (Å²) < 4.78 is 0. The first-order valence-electron chi connectivity index (χ1n) is 6.36. The smallest absolute Gasteiger partial charge is 0.354 e. The Labute approximate surface area is 115 Å². The van der Waals surface area contributed by atoms with Gasteiger partial charge >= 0.3 is 5.97 Å². The first-order chi connectivity index (χ1) is 9.50. The van der Waals surface area contributed by atoms with E-state index >= 15 is 0 Å². The number of carbonyl (C=O) groups is 3. The Balaban J connectivity index is 2.27. The molecule has 1 fully saturated rings. The van der Waals surface area contributed by atoms with Gasteiger partial charge in [-0.1, -0.05) is 12.8 Å². The summed E-state index contributed by atoms with van der Waals surface area (Å²) in [5.41, 5.74) is 4.71. The average molecular weight is 280 g/mol. The Hall–Kier alpha value is -2.38. The fourth-order valence-corrected chi connectivity index (χ4v) is 2.51. The molecule has 0 saturated heterocycles. The number of H-pyrrole nitrogens is 1. The molecule has 20 heavy (non-hydrogen) atoms. The van der Waals surface area contributed by atoms with Crippen LogP contribution >= 0.6 is 0 Å². The molecule has 0 aromatic carbocycles. The molecule has 1 aromatic rings. The molecule has 1 heterocycles. The third kappa shape index (κ3) is 2.79. The zero-order valence-corrected chi connectivity index (χ0v) is 10.8. The summed E-state index contributed by atoms with van der Waals surface area (Å²) in [4.78, 5) is 42.1. The highest BCUT2D eigenvalue weighted by Crippen LogP contribution is 2.24. The van der Waals surface area contributed by atoms with Gasteiger partial charge in [0.25, 0.3) is 5.91 Å². The van der Waals surface area contributed by atoms with Gasteiger partial charge in [-0.25, -0.2) is 9.78 Å². The number of aromatic amines is 1. The van der Waals surface area contributed by atoms with E-state index in [-0.39, 0.29) is 24.0 Å². The minimum Gasteiger partial charge on any atom is -0.477 e. The molecular weight excluding hydrogens is 264 g/mol. The highest BCUT2D eigenvalue weighted by atomic mass is 16.4. The molecule has 8 nitrogen and oxygen atoms in total. The summed E-state index contributed by atoms with van der Waals surface area (Å²) in [5, 5.41) is 9.00. The number of amides is 2. The quantitative estimate of drug-likeness (QED) is 0.697. The van der Waals surface area contributed by atoms with Crippen molar-refractivity contribution in [1.29, 1.82) is 0 Å². The summed E-state index contributed by atoms with van der Waals surface area (Å²) in [7, 11) is 0. The zero-order chi connectivity index (χ0) is 14.7. The average Bonchev–Trinajstić information content (AvgIpc) is 3.05. The van der Waals surface area contributed by atoms with Crippen LogP contribution in [-0.4, -0.2) is 50.3 Å². The number of hydrogen-bond donors (Lipinski definition) is 3. The second-order valence-corrected chi connectivity index (χ2v) is 4.77. The highest BCUT2D eigenvalue weighted by Gasteiger charge is 2.32. The summed E-state index contributed by atoms with van der Waals surface area (Å²) in [6, 6.07) is -0.0895. The van der Waals surface area contributed by atoms with Crippen LogP contribution in [0.4, 0.5) is 0 Å². The molecule has 8 heteroatoms. The largest absolute Gasteiger partial charge is 0.477 e. The normalized spacial score (nSPS) is 15.2. The fraction of sp³-hybridized carbons (Fsp3) is 0.500. The van der Waals surface area contributed by atoms with Crippen LogP contribution in [0.15, 0.2) is 6.33 Å². The van der Waals surface area contributed by atoms with Crippen LogP contribution in [0, 0.1) is 0 Å². The number of carbonyl (C=O) groups excluding carboxylic acids is 2. The van der Waals surface area contributed by atoms with E-state index in [1.54, 1.807) is 0 Å². The summed E-state index contributed by atoms with van der Waals surface area (Å²) in [6.07, 6.45) is 4.66. The molecule has 0 atom stereocenters. The van der Waals surface area contributed by atoms with E-state index in [9.17, 15) is 14.4 Å². The lowest BCUT2D eigenvalue weighted by Crippen LogP contribution is -2.44. The van der Waals surface area contributed by atoms with Gasteiger partial charge in [-0.15, -0.1) is 0 Å². The standard InChI is InChI=1S/C12H16N4O4/c13-8(17)5-16(7-3-1-2-4-7)11(18)9-10(12(19)20)15-6-14-9/h6-7H,1-5H2,(H2,13,17)(H,14,15)(H,19,20). The van der Waals surface area contributed by atoms with E-state index in [0.29, 0.717) is 0 Å². The molecular formula is C12H16N4O4. The molecule has 1 aliphatic rings. The third-order valence-corrected chi connectivity index (χ3v) is 3.41. The number of carboxylic acid groups (broad SMARTS) is 1. The predicted molar refractivity (Wildman–Crippen MR) is 68.0 cm³/mol. The Bertz CT molecular complexity index is 533. The number of nitrogens with zero attached hydrogens (tertiary/aromatic N) is 2. The minimum absolute atomic E-state index is 0.0895. The zero-order valence-electron chi connectivity index (χ0n) is 10.8. The first kappa shape index (κ1) is 14.0. The number of hydrogen-bond acceptors (Lipinski definition) is 4. The van der Waals surface area contributed by atoms with Crippen molar-refractivity contribution in [3.63, 3.8) is 0 Å². The van der Waals surface area contributed by atoms with E-state index < -0.39 is 17.8 Å². The number of aromatic nitrogens is 2.